The van der Waals surface area contributed by atoms with Crippen LogP contribution in [0.25, 0.3) is 10.9 Å². The Morgan fingerprint density at radius 3 is 2.82 bits per heavy atom. The van der Waals surface area contributed by atoms with Crippen molar-refractivity contribution >= 4 is 33.0 Å². The van der Waals surface area contributed by atoms with Crippen LogP contribution in [0.4, 0.5) is 4.39 Å². The smallest absolute Gasteiger partial charge is 0.267 e. The van der Waals surface area contributed by atoms with Gasteiger partial charge in [-0.3, -0.25) is 4.79 Å². The van der Waals surface area contributed by atoms with Gasteiger partial charge in [0.15, 0.2) is 0 Å². The van der Waals surface area contributed by atoms with E-state index in [1.54, 1.807) is 37.3 Å². The maximum absolute atomic E-state index is 13.8. The van der Waals surface area contributed by atoms with Gasteiger partial charge < -0.3 is 0 Å². The average Bonchev–Trinajstić information content (AvgIpc) is 2.49. The first-order valence-corrected chi connectivity index (χ1v) is 7.33. The van der Waals surface area contributed by atoms with Crippen molar-refractivity contribution in [2.45, 2.75) is 6.92 Å². The normalized spacial score (nSPS) is 11.4. The lowest BCUT2D eigenvalue weighted by atomic mass is 10.2. The van der Waals surface area contributed by atoms with Crippen LogP contribution < -0.4 is 5.56 Å². The van der Waals surface area contributed by atoms with Gasteiger partial charge in [-0.2, -0.15) is 9.78 Å². The highest BCUT2D eigenvalue weighted by Gasteiger charge is 2.07. The molecule has 0 aliphatic heterocycles. The topological polar surface area (TPSA) is 47.2 Å². The molecule has 110 valence electrons. The molecule has 1 aromatic heterocycles. The van der Waals surface area contributed by atoms with E-state index >= 15 is 0 Å². The molecule has 1 heterocycles. The summed E-state index contributed by atoms with van der Waals surface area (Å²) in [6.07, 6.45) is 1.31. The van der Waals surface area contributed by atoms with Crippen LogP contribution in [0.1, 0.15) is 11.4 Å². The fourth-order valence-electron chi connectivity index (χ4n) is 2.10. The zero-order valence-electron chi connectivity index (χ0n) is 11.6. The van der Waals surface area contributed by atoms with Crippen LogP contribution in [0.3, 0.4) is 0 Å². The molecular weight excluding hydrogens is 349 g/mol. The van der Waals surface area contributed by atoms with Gasteiger partial charge >= 0.3 is 0 Å². The molecule has 4 nitrogen and oxygen atoms in total. The number of benzene rings is 2. The molecule has 0 atom stereocenters. The van der Waals surface area contributed by atoms with Gasteiger partial charge in [0, 0.05) is 10.0 Å². The van der Waals surface area contributed by atoms with Crippen molar-refractivity contribution in [1.82, 2.24) is 9.66 Å². The van der Waals surface area contributed by atoms with Crippen LogP contribution in [0.5, 0.6) is 0 Å². The Morgan fingerprint density at radius 2 is 2.05 bits per heavy atom. The van der Waals surface area contributed by atoms with Crippen molar-refractivity contribution < 1.29 is 4.39 Å². The molecule has 0 amide bonds. The summed E-state index contributed by atoms with van der Waals surface area (Å²) in [7, 11) is 0. The molecule has 0 bridgehead atoms. The molecule has 0 aliphatic rings. The molecule has 0 N–H and O–H groups in total. The van der Waals surface area contributed by atoms with E-state index in [-0.39, 0.29) is 5.56 Å². The van der Waals surface area contributed by atoms with Crippen LogP contribution in [0, 0.1) is 12.7 Å². The maximum Gasteiger partial charge on any atom is 0.282 e. The number of hydrogen-bond donors (Lipinski definition) is 0. The van der Waals surface area contributed by atoms with E-state index < -0.39 is 5.82 Å². The van der Waals surface area contributed by atoms with Gasteiger partial charge in [-0.15, -0.1) is 0 Å². The van der Waals surface area contributed by atoms with Gasteiger partial charge in [0.25, 0.3) is 5.56 Å². The van der Waals surface area contributed by atoms with E-state index in [0.29, 0.717) is 26.8 Å². The van der Waals surface area contributed by atoms with E-state index in [1.807, 2.05) is 6.07 Å². The summed E-state index contributed by atoms with van der Waals surface area (Å²) in [6, 6.07) is 11.7. The zero-order chi connectivity index (χ0) is 15.7. The van der Waals surface area contributed by atoms with Crippen molar-refractivity contribution in [3.05, 3.63) is 74.5 Å². The van der Waals surface area contributed by atoms with Gasteiger partial charge in [-0.05, 0) is 37.3 Å². The number of aryl methyl sites for hydroxylation is 1. The molecule has 0 spiro atoms. The minimum absolute atomic E-state index is 0.281. The van der Waals surface area contributed by atoms with Crippen LogP contribution >= 0.6 is 15.9 Å². The van der Waals surface area contributed by atoms with Gasteiger partial charge in [0.05, 0.1) is 17.1 Å². The second kappa shape index (κ2) is 5.81. The first kappa shape index (κ1) is 14.6. The van der Waals surface area contributed by atoms with Crippen molar-refractivity contribution in [3.63, 3.8) is 0 Å². The van der Waals surface area contributed by atoms with Gasteiger partial charge in [-0.25, -0.2) is 9.37 Å². The molecule has 22 heavy (non-hydrogen) atoms. The Hall–Kier alpha value is -2.34. The van der Waals surface area contributed by atoms with E-state index in [9.17, 15) is 9.18 Å². The first-order valence-electron chi connectivity index (χ1n) is 6.54. The minimum atomic E-state index is -0.419. The molecular formula is C16H11BrFN3O. The zero-order valence-corrected chi connectivity index (χ0v) is 13.2. The summed E-state index contributed by atoms with van der Waals surface area (Å²) in [4.78, 5) is 16.8. The molecule has 3 rings (SSSR count). The minimum Gasteiger partial charge on any atom is -0.267 e. The number of para-hydroxylation sites is 1. The molecule has 0 unspecified atom stereocenters. The second-order valence-corrected chi connectivity index (χ2v) is 5.62. The Labute approximate surface area is 134 Å². The predicted octanol–water partition coefficient (Wildman–Crippen LogP) is 3.49. The molecule has 0 fully saturated rings. The molecule has 0 aliphatic carbocycles. The second-order valence-electron chi connectivity index (χ2n) is 4.70. The molecule has 0 radical (unpaired) electrons. The highest BCUT2D eigenvalue weighted by Crippen LogP contribution is 2.14. The van der Waals surface area contributed by atoms with Gasteiger partial charge in [0.2, 0.25) is 0 Å². The Balaban J connectivity index is 2.11. The quantitative estimate of drug-likeness (QED) is 0.657. The molecule has 6 heteroatoms. The lowest BCUT2D eigenvalue weighted by Crippen LogP contribution is -2.20. The Morgan fingerprint density at radius 1 is 1.27 bits per heavy atom. The summed E-state index contributed by atoms with van der Waals surface area (Å²) in [6.45, 7) is 1.68. The van der Waals surface area contributed by atoms with E-state index in [4.69, 9.17) is 0 Å². The van der Waals surface area contributed by atoms with E-state index in [0.717, 1.165) is 0 Å². The summed E-state index contributed by atoms with van der Waals surface area (Å²) >= 11 is 3.19. The monoisotopic (exact) mass is 359 g/mol. The highest BCUT2D eigenvalue weighted by molar-refractivity contribution is 9.10. The van der Waals surface area contributed by atoms with E-state index in [1.165, 1.54) is 17.0 Å². The molecule has 3 aromatic rings. The van der Waals surface area contributed by atoms with Crippen molar-refractivity contribution in [2.75, 3.05) is 0 Å². The third kappa shape index (κ3) is 2.69. The summed E-state index contributed by atoms with van der Waals surface area (Å²) in [5.74, 6) is 0.0232. The standard InChI is InChI=1S/C16H11BrFN3O/c1-10-20-15-5-3-2-4-13(15)16(22)21(10)19-9-11-6-7-12(17)8-14(11)18/h2-9H,1H3/b19-9-. The molecule has 2 aromatic carbocycles. The number of fused-ring (bicyclic) bond motifs is 1. The average molecular weight is 360 g/mol. The van der Waals surface area contributed by atoms with Crippen molar-refractivity contribution in [1.29, 1.82) is 0 Å². The van der Waals surface area contributed by atoms with Crippen LogP contribution in [0.15, 0.2) is 56.8 Å². The van der Waals surface area contributed by atoms with Crippen molar-refractivity contribution in [3.8, 4) is 0 Å². The van der Waals surface area contributed by atoms with Gasteiger partial charge in [0.1, 0.15) is 11.6 Å². The van der Waals surface area contributed by atoms with Crippen LogP contribution in [0.2, 0.25) is 0 Å². The number of hydrogen-bond acceptors (Lipinski definition) is 3. The third-order valence-electron chi connectivity index (χ3n) is 3.19. The fourth-order valence-corrected chi connectivity index (χ4v) is 2.43. The molecule has 0 saturated heterocycles. The Bertz CT molecular complexity index is 950. The Kier molecular flexibility index (Phi) is 3.85. The lowest BCUT2D eigenvalue weighted by Gasteiger charge is -2.05. The number of nitrogens with zero attached hydrogens (tertiary/aromatic N) is 3. The predicted molar refractivity (Wildman–Crippen MR) is 87.8 cm³/mol. The maximum atomic E-state index is 13.8. The summed E-state index contributed by atoms with van der Waals surface area (Å²) < 4.78 is 15.6. The summed E-state index contributed by atoms with van der Waals surface area (Å²) in [5.41, 5.74) is 0.630. The fraction of sp³-hybridized carbons (Fsp3) is 0.0625. The number of aromatic nitrogens is 2. The van der Waals surface area contributed by atoms with Crippen molar-refractivity contribution in [2.24, 2.45) is 5.10 Å². The first-order chi connectivity index (χ1) is 10.6. The van der Waals surface area contributed by atoms with Gasteiger partial charge in [-0.1, -0.05) is 28.1 Å². The van der Waals surface area contributed by atoms with Crippen LogP contribution in [-0.2, 0) is 0 Å². The molecule has 0 saturated carbocycles. The SMILES string of the molecule is Cc1nc2ccccc2c(=O)n1/N=C\c1ccc(Br)cc1F. The van der Waals surface area contributed by atoms with E-state index in [2.05, 4.69) is 26.0 Å². The lowest BCUT2D eigenvalue weighted by molar-refractivity contribution is 0.624. The van der Waals surface area contributed by atoms with Crippen LogP contribution in [-0.4, -0.2) is 15.9 Å². The third-order valence-corrected chi connectivity index (χ3v) is 3.68. The number of rotatable bonds is 2. The summed E-state index contributed by atoms with van der Waals surface area (Å²) in [5, 5.41) is 4.55. The highest BCUT2D eigenvalue weighted by atomic mass is 79.9. The largest absolute Gasteiger partial charge is 0.282 e. The number of halogens is 2.